The number of halogens is 1. The number of rotatable bonds is 4. The second-order valence-corrected chi connectivity index (χ2v) is 5.11. The van der Waals surface area contributed by atoms with E-state index in [1.54, 1.807) is 24.5 Å². The van der Waals surface area contributed by atoms with E-state index in [0.717, 1.165) is 5.03 Å². The van der Waals surface area contributed by atoms with Gasteiger partial charge in [-0.1, -0.05) is 30.0 Å². The van der Waals surface area contributed by atoms with Gasteiger partial charge in [0.15, 0.2) is 5.76 Å². The molecule has 0 aliphatic rings. The highest BCUT2D eigenvalue weighted by Crippen LogP contribution is 2.23. The fourth-order valence-electron chi connectivity index (χ4n) is 1.72. The quantitative estimate of drug-likeness (QED) is 0.675. The molecule has 0 amide bonds. The van der Waals surface area contributed by atoms with Crippen LogP contribution >= 0.6 is 11.8 Å². The third kappa shape index (κ3) is 2.88. The van der Waals surface area contributed by atoms with E-state index >= 15 is 0 Å². The fourth-order valence-corrected chi connectivity index (χ4v) is 2.52. The van der Waals surface area contributed by atoms with Crippen LogP contribution in [-0.4, -0.2) is 10.2 Å². The molecule has 0 aliphatic heterocycles. The second kappa shape index (κ2) is 5.88. The summed E-state index contributed by atoms with van der Waals surface area (Å²) in [6.07, 6.45) is 1.60. The minimum atomic E-state index is -0.194. The van der Waals surface area contributed by atoms with Crippen molar-refractivity contribution >= 4 is 11.8 Å². The first kappa shape index (κ1) is 12.9. The SMILES string of the molecule is Fc1ccccc1CSc1ccc(-c2ccco2)nn1. The van der Waals surface area contributed by atoms with Crippen LogP contribution < -0.4 is 0 Å². The predicted molar refractivity (Wildman–Crippen MR) is 75.7 cm³/mol. The highest BCUT2D eigenvalue weighted by atomic mass is 32.2. The van der Waals surface area contributed by atoms with Crippen molar-refractivity contribution in [1.29, 1.82) is 0 Å². The zero-order chi connectivity index (χ0) is 13.8. The zero-order valence-corrected chi connectivity index (χ0v) is 11.3. The standard InChI is InChI=1S/C15H11FN2OS/c16-12-5-2-1-4-11(12)10-20-15-8-7-13(17-18-15)14-6-3-9-19-14/h1-9H,10H2. The van der Waals surface area contributed by atoms with Crippen molar-refractivity contribution in [2.75, 3.05) is 0 Å². The highest BCUT2D eigenvalue weighted by Gasteiger charge is 2.05. The first-order valence-electron chi connectivity index (χ1n) is 6.07. The van der Waals surface area contributed by atoms with Crippen LogP contribution in [0.1, 0.15) is 5.56 Å². The van der Waals surface area contributed by atoms with Crippen molar-refractivity contribution < 1.29 is 8.81 Å². The maximum Gasteiger partial charge on any atom is 0.154 e. The number of thioether (sulfide) groups is 1. The lowest BCUT2D eigenvalue weighted by molar-refractivity contribution is 0.578. The number of benzene rings is 1. The lowest BCUT2D eigenvalue weighted by Gasteiger charge is -2.02. The summed E-state index contributed by atoms with van der Waals surface area (Å²) in [7, 11) is 0. The molecule has 3 aromatic rings. The molecular formula is C15H11FN2OS. The van der Waals surface area contributed by atoms with Crippen molar-refractivity contribution in [3.05, 3.63) is 66.2 Å². The number of hydrogen-bond donors (Lipinski definition) is 0. The molecule has 3 rings (SSSR count). The Morgan fingerprint density at radius 3 is 2.60 bits per heavy atom. The lowest BCUT2D eigenvalue weighted by atomic mass is 10.2. The number of hydrogen-bond acceptors (Lipinski definition) is 4. The van der Waals surface area contributed by atoms with Crippen molar-refractivity contribution in [2.24, 2.45) is 0 Å². The third-order valence-electron chi connectivity index (χ3n) is 2.75. The molecule has 0 unspecified atom stereocenters. The molecule has 0 atom stereocenters. The number of aromatic nitrogens is 2. The Morgan fingerprint density at radius 2 is 1.90 bits per heavy atom. The number of nitrogens with zero attached hydrogens (tertiary/aromatic N) is 2. The Balaban J connectivity index is 1.68. The molecule has 2 heterocycles. The monoisotopic (exact) mass is 286 g/mol. The Hall–Kier alpha value is -2.14. The first-order valence-corrected chi connectivity index (χ1v) is 7.05. The maximum atomic E-state index is 13.5. The van der Waals surface area contributed by atoms with Crippen LogP contribution in [0.5, 0.6) is 0 Å². The van der Waals surface area contributed by atoms with Gasteiger partial charge < -0.3 is 4.42 Å². The molecule has 20 heavy (non-hydrogen) atoms. The topological polar surface area (TPSA) is 38.9 Å². The molecule has 5 heteroatoms. The average Bonchev–Trinajstić information content (AvgIpc) is 3.01. The largest absolute Gasteiger partial charge is 0.463 e. The molecule has 0 saturated carbocycles. The zero-order valence-electron chi connectivity index (χ0n) is 10.5. The third-order valence-corrected chi connectivity index (χ3v) is 3.72. The van der Waals surface area contributed by atoms with Crippen molar-refractivity contribution in [1.82, 2.24) is 10.2 Å². The van der Waals surface area contributed by atoms with Crippen molar-refractivity contribution in [3.8, 4) is 11.5 Å². The first-order chi connectivity index (χ1) is 9.83. The van der Waals surface area contributed by atoms with Gasteiger partial charge in [-0.3, -0.25) is 0 Å². The van der Waals surface area contributed by atoms with Gasteiger partial charge in [-0.2, -0.15) is 0 Å². The van der Waals surface area contributed by atoms with E-state index in [2.05, 4.69) is 10.2 Å². The molecule has 0 aliphatic carbocycles. The normalized spacial score (nSPS) is 10.7. The Bertz CT molecular complexity index is 683. The average molecular weight is 286 g/mol. The van der Waals surface area contributed by atoms with Gasteiger partial charge in [-0.15, -0.1) is 10.2 Å². The molecule has 0 fully saturated rings. The van der Waals surface area contributed by atoms with E-state index in [-0.39, 0.29) is 5.82 Å². The van der Waals surface area contributed by atoms with Gasteiger partial charge in [0.25, 0.3) is 0 Å². The van der Waals surface area contributed by atoms with E-state index in [9.17, 15) is 4.39 Å². The molecule has 0 N–H and O–H groups in total. The van der Waals surface area contributed by atoms with Crippen molar-refractivity contribution in [3.63, 3.8) is 0 Å². The molecule has 2 aromatic heterocycles. The van der Waals surface area contributed by atoms with Crippen LogP contribution in [0.4, 0.5) is 4.39 Å². The Morgan fingerprint density at radius 1 is 1.00 bits per heavy atom. The summed E-state index contributed by atoms with van der Waals surface area (Å²) in [6, 6.07) is 14.1. The predicted octanol–water partition coefficient (Wildman–Crippen LogP) is 4.17. The molecule has 0 radical (unpaired) electrons. The molecule has 0 bridgehead atoms. The highest BCUT2D eigenvalue weighted by molar-refractivity contribution is 7.98. The van der Waals surface area contributed by atoms with E-state index < -0.39 is 0 Å². The van der Waals surface area contributed by atoms with Crippen LogP contribution in [0.15, 0.2) is 64.2 Å². The van der Waals surface area contributed by atoms with E-state index in [1.165, 1.54) is 17.8 Å². The summed E-state index contributed by atoms with van der Waals surface area (Å²) < 4.78 is 18.7. The minimum absolute atomic E-state index is 0.194. The Kier molecular flexibility index (Phi) is 3.78. The lowest BCUT2D eigenvalue weighted by Crippen LogP contribution is -1.90. The van der Waals surface area contributed by atoms with E-state index in [1.807, 2.05) is 24.3 Å². The number of furan rings is 1. The van der Waals surface area contributed by atoms with Gasteiger partial charge in [-0.25, -0.2) is 4.39 Å². The second-order valence-electron chi connectivity index (χ2n) is 4.11. The molecule has 1 aromatic carbocycles. The fraction of sp³-hybridized carbons (Fsp3) is 0.0667. The summed E-state index contributed by atoms with van der Waals surface area (Å²) in [5.41, 5.74) is 1.35. The molecule has 0 spiro atoms. The summed E-state index contributed by atoms with van der Waals surface area (Å²) in [4.78, 5) is 0. The molecule has 100 valence electrons. The van der Waals surface area contributed by atoms with Gasteiger partial charge in [0, 0.05) is 5.75 Å². The summed E-state index contributed by atoms with van der Waals surface area (Å²) in [5, 5.41) is 8.96. The van der Waals surface area contributed by atoms with Gasteiger partial charge >= 0.3 is 0 Å². The minimum Gasteiger partial charge on any atom is -0.463 e. The van der Waals surface area contributed by atoms with Crippen LogP contribution in [-0.2, 0) is 5.75 Å². The summed E-state index contributed by atoms with van der Waals surface area (Å²) >= 11 is 1.45. The summed E-state index contributed by atoms with van der Waals surface area (Å²) in [6.45, 7) is 0. The van der Waals surface area contributed by atoms with Gasteiger partial charge in [0.2, 0.25) is 0 Å². The van der Waals surface area contributed by atoms with Crippen LogP contribution in [0, 0.1) is 5.82 Å². The summed E-state index contributed by atoms with van der Waals surface area (Å²) in [5.74, 6) is 1.02. The van der Waals surface area contributed by atoms with E-state index in [0.29, 0.717) is 22.8 Å². The van der Waals surface area contributed by atoms with E-state index in [4.69, 9.17) is 4.42 Å². The van der Waals surface area contributed by atoms with Gasteiger partial charge in [-0.05, 0) is 35.9 Å². The van der Waals surface area contributed by atoms with Crippen LogP contribution in [0.2, 0.25) is 0 Å². The molecule has 0 saturated heterocycles. The van der Waals surface area contributed by atoms with Crippen LogP contribution in [0.25, 0.3) is 11.5 Å². The maximum absolute atomic E-state index is 13.5. The van der Waals surface area contributed by atoms with Crippen molar-refractivity contribution in [2.45, 2.75) is 10.8 Å². The van der Waals surface area contributed by atoms with Crippen LogP contribution in [0.3, 0.4) is 0 Å². The molecular weight excluding hydrogens is 275 g/mol. The Labute approximate surface area is 119 Å². The molecule has 3 nitrogen and oxygen atoms in total. The smallest absolute Gasteiger partial charge is 0.154 e. The van der Waals surface area contributed by atoms with Gasteiger partial charge in [0.1, 0.15) is 16.5 Å². The van der Waals surface area contributed by atoms with Gasteiger partial charge in [0.05, 0.1) is 6.26 Å².